The summed E-state index contributed by atoms with van der Waals surface area (Å²) in [5.74, 6) is 0.196. The Labute approximate surface area is 139 Å². The summed E-state index contributed by atoms with van der Waals surface area (Å²) in [6.07, 6.45) is 5.67. The Morgan fingerprint density at radius 2 is 1.91 bits per heavy atom. The summed E-state index contributed by atoms with van der Waals surface area (Å²) in [6.45, 7) is 10.2. The number of hydrogen-bond donors (Lipinski definition) is 1. The molecule has 1 aromatic carbocycles. The highest BCUT2D eigenvalue weighted by molar-refractivity contribution is 5.82. The molecule has 0 aliphatic rings. The van der Waals surface area contributed by atoms with Crippen molar-refractivity contribution in [2.75, 3.05) is 0 Å². The molecule has 1 rings (SSSR count). The monoisotopic (exact) mass is 316 g/mol. The van der Waals surface area contributed by atoms with E-state index < -0.39 is 0 Å². The van der Waals surface area contributed by atoms with Crippen LogP contribution in [0.15, 0.2) is 41.5 Å². The van der Waals surface area contributed by atoms with Crippen molar-refractivity contribution < 1.29 is 14.6 Å². The third-order valence-electron chi connectivity index (χ3n) is 3.57. The molecule has 0 amide bonds. The van der Waals surface area contributed by atoms with Crippen LogP contribution in [0.3, 0.4) is 0 Å². The minimum atomic E-state index is -0.358. The minimum Gasteiger partial charge on any atom is -0.508 e. The molecule has 0 radical (unpaired) electrons. The van der Waals surface area contributed by atoms with Crippen LogP contribution < -0.4 is 0 Å². The smallest absolute Gasteiger partial charge is 0.331 e. The zero-order valence-electron chi connectivity index (χ0n) is 14.8. The molecular weight excluding hydrogens is 288 g/mol. The Balaban J connectivity index is 2.65. The van der Waals surface area contributed by atoms with Gasteiger partial charge in [0.1, 0.15) is 12.4 Å². The van der Waals surface area contributed by atoms with E-state index in [1.54, 1.807) is 6.07 Å². The first kappa shape index (κ1) is 19.0. The maximum absolute atomic E-state index is 11.5. The lowest BCUT2D eigenvalue weighted by Gasteiger charge is -2.14. The highest BCUT2D eigenvalue weighted by atomic mass is 16.5. The van der Waals surface area contributed by atoms with E-state index in [4.69, 9.17) is 4.74 Å². The van der Waals surface area contributed by atoms with Crippen LogP contribution in [0, 0.1) is 0 Å². The van der Waals surface area contributed by atoms with Gasteiger partial charge >= 0.3 is 5.97 Å². The van der Waals surface area contributed by atoms with Crippen molar-refractivity contribution in [2.45, 2.75) is 60.0 Å². The van der Waals surface area contributed by atoms with Gasteiger partial charge in [-0.1, -0.05) is 36.3 Å². The van der Waals surface area contributed by atoms with Gasteiger partial charge in [0, 0.05) is 6.08 Å². The van der Waals surface area contributed by atoms with Crippen LogP contribution in [0.25, 0.3) is 0 Å². The maximum Gasteiger partial charge on any atom is 0.331 e. The Morgan fingerprint density at radius 1 is 1.22 bits per heavy atom. The SMILES string of the molecule is CC(C)=CCC[C@@H](C)c1ccc(COC(=O)C=C(C)C)cc1O. The van der Waals surface area contributed by atoms with Crippen molar-refractivity contribution in [1.29, 1.82) is 0 Å². The number of phenols is 1. The topological polar surface area (TPSA) is 46.5 Å². The summed E-state index contributed by atoms with van der Waals surface area (Å²) in [5.41, 5.74) is 3.94. The molecule has 0 saturated carbocycles. The molecule has 1 N–H and O–H groups in total. The lowest BCUT2D eigenvalue weighted by Crippen LogP contribution is -2.02. The third kappa shape index (κ3) is 7.18. The van der Waals surface area contributed by atoms with Crippen LogP contribution in [0.5, 0.6) is 5.75 Å². The average molecular weight is 316 g/mol. The molecule has 23 heavy (non-hydrogen) atoms. The van der Waals surface area contributed by atoms with Crippen molar-refractivity contribution in [1.82, 2.24) is 0 Å². The van der Waals surface area contributed by atoms with Gasteiger partial charge < -0.3 is 9.84 Å². The summed E-state index contributed by atoms with van der Waals surface area (Å²) in [5, 5.41) is 10.2. The lowest BCUT2D eigenvalue weighted by molar-refractivity contribution is -0.139. The number of aromatic hydroxyl groups is 1. The van der Waals surface area contributed by atoms with Gasteiger partial charge in [0.05, 0.1) is 0 Å². The zero-order valence-corrected chi connectivity index (χ0v) is 14.8. The quantitative estimate of drug-likeness (QED) is 0.424. The average Bonchev–Trinajstić information content (AvgIpc) is 2.44. The second kappa shape index (κ2) is 9.19. The Morgan fingerprint density at radius 3 is 2.48 bits per heavy atom. The predicted molar refractivity (Wildman–Crippen MR) is 94.4 cm³/mol. The number of rotatable bonds is 7. The van der Waals surface area contributed by atoms with Crippen LogP contribution >= 0.6 is 0 Å². The number of benzene rings is 1. The van der Waals surface area contributed by atoms with Crippen molar-refractivity contribution in [3.05, 3.63) is 52.6 Å². The number of carbonyl (C=O) groups excluding carboxylic acids is 1. The van der Waals surface area contributed by atoms with E-state index in [1.807, 2.05) is 26.0 Å². The van der Waals surface area contributed by atoms with E-state index in [-0.39, 0.29) is 24.2 Å². The van der Waals surface area contributed by atoms with Crippen LogP contribution in [0.1, 0.15) is 64.5 Å². The van der Waals surface area contributed by atoms with Crippen LogP contribution in [0.2, 0.25) is 0 Å². The van der Waals surface area contributed by atoms with Gasteiger partial charge in [-0.15, -0.1) is 0 Å². The van der Waals surface area contributed by atoms with Gasteiger partial charge in [0.2, 0.25) is 0 Å². The number of phenolic OH excluding ortho intramolecular Hbond substituents is 1. The van der Waals surface area contributed by atoms with Crippen molar-refractivity contribution >= 4 is 5.97 Å². The zero-order chi connectivity index (χ0) is 17.4. The summed E-state index contributed by atoms with van der Waals surface area (Å²) in [4.78, 5) is 11.5. The second-order valence-corrected chi connectivity index (χ2v) is 6.48. The maximum atomic E-state index is 11.5. The molecule has 0 saturated heterocycles. The predicted octanol–water partition coefficient (Wildman–Crippen LogP) is 5.25. The Hall–Kier alpha value is -2.03. The normalized spacial score (nSPS) is 11.5. The molecule has 0 aliphatic carbocycles. The highest BCUT2D eigenvalue weighted by Gasteiger charge is 2.11. The first-order chi connectivity index (χ1) is 10.8. The van der Waals surface area contributed by atoms with Gasteiger partial charge in [-0.05, 0) is 63.6 Å². The molecule has 0 heterocycles. The summed E-state index contributed by atoms with van der Waals surface area (Å²) in [7, 11) is 0. The molecule has 0 unspecified atom stereocenters. The van der Waals surface area contributed by atoms with Gasteiger partial charge in [0.15, 0.2) is 0 Å². The van der Waals surface area contributed by atoms with Crippen LogP contribution in [-0.2, 0) is 16.1 Å². The van der Waals surface area contributed by atoms with Crippen molar-refractivity contribution in [3.63, 3.8) is 0 Å². The van der Waals surface area contributed by atoms with Gasteiger partial charge in [-0.25, -0.2) is 4.79 Å². The number of carbonyl (C=O) groups is 1. The van der Waals surface area contributed by atoms with E-state index in [9.17, 15) is 9.90 Å². The molecule has 3 heteroatoms. The summed E-state index contributed by atoms with van der Waals surface area (Å²) in [6, 6.07) is 5.51. The largest absolute Gasteiger partial charge is 0.508 e. The van der Waals surface area contributed by atoms with E-state index in [0.29, 0.717) is 0 Å². The molecule has 0 bridgehead atoms. The summed E-state index contributed by atoms with van der Waals surface area (Å²) < 4.78 is 5.15. The van der Waals surface area contributed by atoms with E-state index in [2.05, 4.69) is 26.8 Å². The molecule has 1 atom stereocenters. The third-order valence-corrected chi connectivity index (χ3v) is 3.57. The first-order valence-electron chi connectivity index (χ1n) is 8.06. The van der Waals surface area contributed by atoms with E-state index >= 15 is 0 Å². The van der Waals surface area contributed by atoms with Crippen molar-refractivity contribution in [2.24, 2.45) is 0 Å². The molecule has 3 nitrogen and oxygen atoms in total. The van der Waals surface area contributed by atoms with E-state index in [1.165, 1.54) is 11.6 Å². The fourth-order valence-corrected chi connectivity index (χ4v) is 2.31. The number of hydrogen-bond acceptors (Lipinski definition) is 3. The van der Waals surface area contributed by atoms with Crippen molar-refractivity contribution in [3.8, 4) is 5.75 Å². The van der Waals surface area contributed by atoms with Crippen LogP contribution in [-0.4, -0.2) is 11.1 Å². The first-order valence-corrected chi connectivity index (χ1v) is 8.06. The minimum absolute atomic E-state index is 0.169. The number of allylic oxidation sites excluding steroid dienone is 3. The van der Waals surface area contributed by atoms with E-state index in [0.717, 1.165) is 29.5 Å². The lowest BCUT2D eigenvalue weighted by atomic mass is 9.94. The highest BCUT2D eigenvalue weighted by Crippen LogP contribution is 2.30. The number of esters is 1. The summed E-state index contributed by atoms with van der Waals surface area (Å²) >= 11 is 0. The molecule has 1 aromatic rings. The molecule has 0 fully saturated rings. The fraction of sp³-hybridized carbons (Fsp3) is 0.450. The molecule has 126 valence electrons. The fourth-order valence-electron chi connectivity index (χ4n) is 2.31. The molecule has 0 aromatic heterocycles. The van der Waals surface area contributed by atoms with Gasteiger partial charge in [-0.2, -0.15) is 0 Å². The van der Waals surface area contributed by atoms with Crippen LogP contribution in [0.4, 0.5) is 0 Å². The number of ether oxygens (including phenoxy) is 1. The molecule has 0 spiro atoms. The van der Waals surface area contributed by atoms with Gasteiger partial charge in [-0.3, -0.25) is 0 Å². The second-order valence-electron chi connectivity index (χ2n) is 6.48. The van der Waals surface area contributed by atoms with Gasteiger partial charge in [0.25, 0.3) is 0 Å². The standard InChI is InChI=1S/C20H28O3/c1-14(2)7-6-8-16(5)18-10-9-17(12-19(18)21)13-23-20(22)11-15(3)4/h7,9-12,16,21H,6,8,13H2,1-5H3/t16-/m1/s1. The molecule has 0 aliphatic heterocycles. The Kier molecular flexibility index (Phi) is 7.60. The molecular formula is C20H28O3. The Bertz CT molecular complexity index is 589.